The number of hydrogen-bond acceptors (Lipinski definition) is 14. The van der Waals surface area contributed by atoms with Crippen molar-refractivity contribution in [1.29, 1.82) is 0 Å². The minimum atomic E-state index is -0.903. The van der Waals surface area contributed by atoms with E-state index in [1.54, 1.807) is 0 Å². The van der Waals surface area contributed by atoms with E-state index < -0.39 is 53.9 Å². The molecular weight excluding hydrogens is 718 g/mol. The van der Waals surface area contributed by atoms with Gasteiger partial charge in [-0.1, -0.05) is 27.7 Å². The highest BCUT2D eigenvalue weighted by Gasteiger charge is 2.71. The summed E-state index contributed by atoms with van der Waals surface area (Å²) in [5, 5.41) is 2.80. The van der Waals surface area contributed by atoms with Crippen molar-refractivity contribution in [3.63, 3.8) is 0 Å². The van der Waals surface area contributed by atoms with Crippen molar-refractivity contribution in [3.05, 3.63) is 0 Å². The van der Waals surface area contributed by atoms with Gasteiger partial charge in [0.05, 0.1) is 39.5 Å². The molecule has 2 saturated carbocycles. The molecule has 2 aliphatic carbocycles. The van der Waals surface area contributed by atoms with E-state index in [1.165, 1.54) is 0 Å². The van der Waals surface area contributed by atoms with Crippen molar-refractivity contribution < 1.29 is 67.0 Å². The Labute approximate surface area is 324 Å². The number of rotatable bonds is 14. The van der Waals surface area contributed by atoms with Crippen molar-refractivity contribution in [2.45, 2.75) is 154 Å². The fourth-order valence-corrected chi connectivity index (χ4v) is 11.4. The number of ether oxygens (including phenoxy) is 8. The molecule has 4 bridgehead atoms. The van der Waals surface area contributed by atoms with E-state index in [2.05, 4.69) is 26.1 Å². The molecule has 8 heterocycles. The van der Waals surface area contributed by atoms with Gasteiger partial charge in [-0.3, -0.25) is 9.59 Å². The van der Waals surface area contributed by atoms with E-state index in [0.717, 1.165) is 44.9 Å². The summed E-state index contributed by atoms with van der Waals surface area (Å²) in [5.41, 5.74) is -1.33. The van der Waals surface area contributed by atoms with Gasteiger partial charge in [0.1, 0.15) is 0 Å². The first-order chi connectivity index (χ1) is 26.4. The monoisotopic (exact) mass is 781 g/mol. The lowest BCUT2D eigenvalue weighted by Gasteiger charge is -2.60. The van der Waals surface area contributed by atoms with E-state index in [1.807, 2.05) is 20.8 Å². The lowest BCUT2D eigenvalue weighted by molar-refractivity contribution is -0.577. The number of hydrogen-bond donors (Lipinski definition) is 1. The largest absolute Gasteiger partial charge is 0.435 e. The molecule has 8 aliphatic heterocycles. The summed E-state index contributed by atoms with van der Waals surface area (Å²) in [6.45, 7) is 14.7. The summed E-state index contributed by atoms with van der Waals surface area (Å²) in [6.07, 6.45) is 5.02. The molecule has 312 valence electrons. The number of fused-ring (bicyclic) bond motifs is 4. The average molecular weight is 782 g/mol. The molecule has 0 aromatic carbocycles. The van der Waals surface area contributed by atoms with Crippen molar-refractivity contribution in [2.75, 3.05) is 39.6 Å². The maximum Gasteiger partial charge on any atom is 0.308 e. The average Bonchev–Trinajstić information content (AvgIpc) is 3.53. The van der Waals surface area contributed by atoms with Gasteiger partial charge in [-0.2, -0.15) is 0 Å². The van der Waals surface area contributed by atoms with Crippen LogP contribution in [0.4, 0.5) is 0 Å². The lowest BCUT2D eigenvalue weighted by atomic mass is 9.58. The van der Waals surface area contributed by atoms with Gasteiger partial charge in [0, 0.05) is 49.5 Å². The highest BCUT2D eigenvalue weighted by atomic mass is 17.3. The maximum absolute atomic E-state index is 12.9. The zero-order valence-electron chi connectivity index (χ0n) is 33.5. The molecule has 1 N–H and O–H groups in total. The first-order valence-electron chi connectivity index (χ1n) is 21.0. The summed E-state index contributed by atoms with van der Waals surface area (Å²) < 4.78 is 48.9. The molecule has 2 spiro atoms. The second kappa shape index (κ2) is 15.9. The van der Waals surface area contributed by atoms with Crippen LogP contribution in [-0.4, -0.2) is 99.4 Å². The molecule has 15 heteroatoms. The molecule has 15 nitrogen and oxygen atoms in total. The van der Waals surface area contributed by atoms with Gasteiger partial charge in [-0.05, 0) is 76.0 Å². The minimum Gasteiger partial charge on any atom is -0.435 e. The Morgan fingerprint density at radius 1 is 0.618 bits per heavy atom. The number of carbonyl (C=O) groups is 2. The molecule has 4 unspecified atom stereocenters. The number of carbonyl (C=O) groups excluding carboxylic acids is 2. The number of esters is 1. The van der Waals surface area contributed by atoms with Crippen LogP contribution in [0.3, 0.4) is 0 Å². The molecular formula is C40H63NO14. The predicted molar refractivity (Wildman–Crippen MR) is 190 cm³/mol. The third kappa shape index (κ3) is 7.40. The summed E-state index contributed by atoms with van der Waals surface area (Å²) in [5.74, 6) is -0.717. The second-order valence-electron chi connectivity index (χ2n) is 18.0. The summed E-state index contributed by atoms with van der Waals surface area (Å²) in [6, 6.07) is 0. The zero-order valence-corrected chi connectivity index (χ0v) is 33.5. The van der Waals surface area contributed by atoms with Crippen LogP contribution in [0.25, 0.3) is 0 Å². The van der Waals surface area contributed by atoms with Gasteiger partial charge >= 0.3 is 5.97 Å². The smallest absolute Gasteiger partial charge is 0.308 e. The first-order valence-corrected chi connectivity index (χ1v) is 21.0. The minimum absolute atomic E-state index is 0.00268. The molecule has 16 atom stereocenters. The van der Waals surface area contributed by atoms with Gasteiger partial charge in [0.15, 0.2) is 30.1 Å². The van der Waals surface area contributed by atoms with Crippen molar-refractivity contribution in [1.82, 2.24) is 5.32 Å². The van der Waals surface area contributed by atoms with Gasteiger partial charge in [0.25, 0.3) is 0 Å². The first kappa shape index (κ1) is 40.3. The molecule has 1 amide bonds. The van der Waals surface area contributed by atoms with Crippen LogP contribution in [0.5, 0.6) is 0 Å². The Morgan fingerprint density at radius 3 is 1.75 bits per heavy atom. The van der Waals surface area contributed by atoms with Gasteiger partial charge in [-0.15, -0.1) is 0 Å². The molecule has 0 aromatic rings. The Balaban J connectivity index is 0.689. The summed E-state index contributed by atoms with van der Waals surface area (Å²) in [7, 11) is 0. The number of amides is 1. The predicted octanol–water partition coefficient (Wildman–Crippen LogP) is 4.89. The van der Waals surface area contributed by atoms with E-state index >= 15 is 0 Å². The topological polar surface area (TPSA) is 157 Å². The Kier molecular flexibility index (Phi) is 11.7. The molecule has 8 saturated heterocycles. The Morgan fingerprint density at radius 2 is 1.15 bits per heavy atom. The third-order valence-corrected chi connectivity index (χ3v) is 14.4. The van der Waals surface area contributed by atoms with E-state index in [-0.39, 0.29) is 48.3 Å². The molecule has 10 rings (SSSR count). The van der Waals surface area contributed by atoms with E-state index in [4.69, 9.17) is 57.4 Å². The second-order valence-corrected chi connectivity index (χ2v) is 18.0. The molecule has 0 radical (unpaired) electrons. The van der Waals surface area contributed by atoms with Crippen LogP contribution in [0.1, 0.15) is 106 Å². The van der Waals surface area contributed by atoms with Crippen LogP contribution < -0.4 is 5.32 Å². The Hall–Kier alpha value is -1.50. The maximum atomic E-state index is 12.9. The van der Waals surface area contributed by atoms with Crippen molar-refractivity contribution in [3.8, 4) is 0 Å². The Bertz CT molecular complexity index is 1390. The van der Waals surface area contributed by atoms with E-state index in [9.17, 15) is 9.59 Å². The fourth-order valence-electron chi connectivity index (χ4n) is 11.4. The summed E-state index contributed by atoms with van der Waals surface area (Å²) in [4.78, 5) is 49.5. The van der Waals surface area contributed by atoms with Crippen LogP contribution >= 0.6 is 0 Å². The van der Waals surface area contributed by atoms with Gasteiger partial charge in [0.2, 0.25) is 23.8 Å². The molecule has 10 aliphatic rings. The SMILES string of the molecule is C[C@@H]1CCC2[C@@H](C)[C@H](OC(=O)CCC(=O)NCCOCCOCCO[C@H]3O[C@@H]4O[C@@]5(C)CCC6[C@H](C)CCC([C@H]3C)[C@]64OO5)O[C@@H]3O[C@@]4(C)CCC1[C@@]23OO4. The van der Waals surface area contributed by atoms with Crippen LogP contribution in [0, 0.1) is 47.3 Å². The van der Waals surface area contributed by atoms with Crippen LogP contribution in [0.2, 0.25) is 0 Å². The van der Waals surface area contributed by atoms with E-state index in [0.29, 0.717) is 63.8 Å². The molecule has 0 aromatic heterocycles. The lowest BCUT2D eigenvalue weighted by Crippen LogP contribution is -2.70. The highest BCUT2D eigenvalue weighted by molar-refractivity contribution is 5.81. The van der Waals surface area contributed by atoms with Crippen LogP contribution in [-0.2, 0) is 67.0 Å². The third-order valence-electron chi connectivity index (χ3n) is 14.4. The van der Waals surface area contributed by atoms with Crippen molar-refractivity contribution >= 4 is 11.9 Å². The molecule has 55 heavy (non-hydrogen) atoms. The normalized spacial score (nSPS) is 48.3. The molecule has 10 fully saturated rings. The van der Waals surface area contributed by atoms with Crippen LogP contribution in [0.15, 0.2) is 0 Å². The standard InChI is InChI=1S/C40H63NO14/c1-23-7-9-29-25(3)33(48-35-39(29)27(23)13-15-37(5,50-35)52-54-39)46-22-21-45-20-19-44-18-17-41-31(42)11-12-32(43)47-34-26(4)30-10-8-24(2)28-14-16-38(6)51-36(49-34)40(28,30)55-53-38/h23-30,33-36H,7-22H2,1-6H3,(H,41,42)/t23-,24-,25-,26-,27?,28?,29?,30?,33+,34-,35-,36-,37-,38-,39-,40-/m1/s1. The van der Waals surface area contributed by atoms with Gasteiger partial charge < -0.3 is 43.2 Å². The van der Waals surface area contributed by atoms with Crippen molar-refractivity contribution in [2.24, 2.45) is 47.3 Å². The fraction of sp³-hybridized carbons (Fsp3) is 0.950. The quantitative estimate of drug-likeness (QED) is 0.144. The summed E-state index contributed by atoms with van der Waals surface area (Å²) >= 11 is 0. The highest BCUT2D eigenvalue weighted by Crippen LogP contribution is 2.62. The zero-order chi connectivity index (χ0) is 38.6. The van der Waals surface area contributed by atoms with Gasteiger partial charge in [-0.25, -0.2) is 19.6 Å². The number of nitrogens with one attached hydrogen (secondary N) is 1.